The topological polar surface area (TPSA) is 105 Å². The fourth-order valence-corrected chi connectivity index (χ4v) is 3.23. The molecule has 10 heteroatoms. The Labute approximate surface area is 143 Å². The highest BCUT2D eigenvalue weighted by molar-refractivity contribution is 7.13. The predicted octanol–water partition coefficient (Wildman–Crippen LogP) is 0.370. The van der Waals surface area contributed by atoms with Crippen molar-refractivity contribution in [1.82, 2.24) is 30.2 Å². The summed E-state index contributed by atoms with van der Waals surface area (Å²) in [5.74, 6) is -0.295. The van der Waals surface area contributed by atoms with E-state index in [4.69, 9.17) is 0 Å². The van der Waals surface area contributed by atoms with Crippen molar-refractivity contribution in [1.29, 1.82) is 0 Å². The van der Waals surface area contributed by atoms with Crippen LogP contribution < -0.4 is 10.6 Å². The fraction of sp³-hybridized carbons (Fsp3) is 0.500. The van der Waals surface area contributed by atoms with Crippen LogP contribution in [-0.4, -0.2) is 63.4 Å². The van der Waals surface area contributed by atoms with Crippen LogP contribution in [0.3, 0.4) is 0 Å². The highest BCUT2D eigenvalue weighted by Crippen LogP contribution is 2.21. The van der Waals surface area contributed by atoms with E-state index in [2.05, 4.69) is 30.8 Å². The number of carbonyl (C=O) groups excluding carboxylic acids is 2. The number of rotatable bonds is 5. The van der Waals surface area contributed by atoms with Gasteiger partial charge in [-0.25, -0.2) is 0 Å². The van der Waals surface area contributed by atoms with Crippen LogP contribution in [0.1, 0.15) is 29.4 Å². The van der Waals surface area contributed by atoms with Gasteiger partial charge in [-0.2, -0.15) is 5.10 Å². The second-order valence-corrected chi connectivity index (χ2v) is 6.42. The van der Waals surface area contributed by atoms with Gasteiger partial charge in [-0.05, 0) is 25.5 Å². The first-order valence-electron chi connectivity index (χ1n) is 7.71. The zero-order valence-electron chi connectivity index (χ0n) is 13.3. The molecule has 1 fully saturated rings. The van der Waals surface area contributed by atoms with Gasteiger partial charge in [-0.3, -0.25) is 24.5 Å². The maximum atomic E-state index is 12.1. The molecule has 128 valence electrons. The Kier molecular flexibility index (Phi) is 5.16. The highest BCUT2D eigenvalue weighted by atomic mass is 32.1. The van der Waals surface area contributed by atoms with Crippen LogP contribution in [0.25, 0.3) is 0 Å². The smallest absolute Gasteiger partial charge is 0.271 e. The van der Waals surface area contributed by atoms with E-state index in [1.54, 1.807) is 18.6 Å². The number of anilines is 1. The number of likely N-dealkylation sites (tertiary alicyclic amines) is 1. The SMILES string of the molecule is CNC(=O)c1ccn(C2CCCN(CC(=O)Nc3nncs3)C2)n1. The number of nitrogens with zero attached hydrogens (tertiary/aromatic N) is 5. The zero-order chi connectivity index (χ0) is 16.9. The molecule has 1 saturated heterocycles. The number of nitrogens with one attached hydrogen (secondary N) is 2. The number of aromatic nitrogens is 4. The molecule has 1 atom stereocenters. The Balaban J connectivity index is 1.57. The lowest BCUT2D eigenvalue weighted by molar-refractivity contribution is -0.117. The van der Waals surface area contributed by atoms with E-state index < -0.39 is 0 Å². The van der Waals surface area contributed by atoms with Crippen LogP contribution in [0.4, 0.5) is 5.13 Å². The van der Waals surface area contributed by atoms with Gasteiger partial charge in [0.05, 0.1) is 12.6 Å². The fourth-order valence-electron chi connectivity index (χ4n) is 2.77. The Hall–Kier alpha value is -2.33. The molecular weight excluding hydrogens is 330 g/mol. The second-order valence-electron chi connectivity index (χ2n) is 5.58. The maximum absolute atomic E-state index is 12.1. The number of hydrogen-bond acceptors (Lipinski definition) is 7. The lowest BCUT2D eigenvalue weighted by Crippen LogP contribution is -2.41. The van der Waals surface area contributed by atoms with Gasteiger partial charge in [0.25, 0.3) is 5.91 Å². The molecule has 1 aliphatic heterocycles. The molecule has 0 saturated carbocycles. The molecule has 2 aromatic rings. The minimum absolute atomic E-state index is 0.0982. The Morgan fingerprint density at radius 3 is 3.08 bits per heavy atom. The first-order chi connectivity index (χ1) is 11.7. The van der Waals surface area contributed by atoms with E-state index in [1.807, 2.05) is 10.9 Å². The van der Waals surface area contributed by atoms with Crippen LogP contribution in [0.15, 0.2) is 17.8 Å². The van der Waals surface area contributed by atoms with Crippen molar-refractivity contribution in [2.45, 2.75) is 18.9 Å². The number of carbonyl (C=O) groups is 2. The molecule has 1 unspecified atom stereocenters. The van der Waals surface area contributed by atoms with Gasteiger partial charge in [-0.15, -0.1) is 10.2 Å². The van der Waals surface area contributed by atoms with Crippen molar-refractivity contribution in [3.05, 3.63) is 23.5 Å². The van der Waals surface area contributed by atoms with Crippen LogP contribution in [0.2, 0.25) is 0 Å². The van der Waals surface area contributed by atoms with Gasteiger partial charge in [-0.1, -0.05) is 11.3 Å². The quantitative estimate of drug-likeness (QED) is 0.808. The van der Waals surface area contributed by atoms with Crippen molar-refractivity contribution in [3.63, 3.8) is 0 Å². The summed E-state index contributed by atoms with van der Waals surface area (Å²) in [5, 5.41) is 17.7. The summed E-state index contributed by atoms with van der Waals surface area (Å²) in [5.41, 5.74) is 1.98. The average Bonchev–Trinajstić information content (AvgIpc) is 3.26. The van der Waals surface area contributed by atoms with E-state index in [9.17, 15) is 9.59 Å². The largest absolute Gasteiger partial charge is 0.354 e. The molecule has 0 radical (unpaired) electrons. The van der Waals surface area contributed by atoms with Crippen molar-refractivity contribution < 1.29 is 9.59 Å². The predicted molar refractivity (Wildman–Crippen MR) is 88.9 cm³/mol. The van der Waals surface area contributed by atoms with Gasteiger partial charge >= 0.3 is 0 Å². The van der Waals surface area contributed by atoms with E-state index in [0.29, 0.717) is 17.4 Å². The Bertz CT molecular complexity index is 700. The normalized spacial score (nSPS) is 18.3. The summed E-state index contributed by atoms with van der Waals surface area (Å²) in [7, 11) is 1.58. The van der Waals surface area contributed by atoms with Gasteiger partial charge in [0.2, 0.25) is 11.0 Å². The second kappa shape index (κ2) is 7.49. The van der Waals surface area contributed by atoms with E-state index >= 15 is 0 Å². The lowest BCUT2D eigenvalue weighted by Gasteiger charge is -2.32. The summed E-state index contributed by atoms with van der Waals surface area (Å²) >= 11 is 1.29. The summed E-state index contributed by atoms with van der Waals surface area (Å²) < 4.78 is 1.82. The first-order valence-corrected chi connectivity index (χ1v) is 8.59. The van der Waals surface area contributed by atoms with Crippen molar-refractivity contribution >= 4 is 28.3 Å². The minimum atomic E-state index is -0.196. The van der Waals surface area contributed by atoms with E-state index in [-0.39, 0.29) is 17.9 Å². The first kappa shape index (κ1) is 16.5. The number of piperidine rings is 1. The van der Waals surface area contributed by atoms with Gasteiger partial charge < -0.3 is 5.32 Å². The Morgan fingerprint density at radius 2 is 2.33 bits per heavy atom. The monoisotopic (exact) mass is 349 g/mol. The molecule has 3 rings (SSSR count). The van der Waals surface area contributed by atoms with E-state index in [1.165, 1.54) is 11.3 Å². The third-order valence-corrected chi connectivity index (χ3v) is 4.50. The molecule has 2 N–H and O–H groups in total. The number of amides is 2. The van der Waals surface area contributed by atoms with E-state index in [0.717, 1.165) is 25.9 Å². The molecule has 2 aromatic heterocycles. The van der Waals surface area contributed by atoms with Crippen LogP contribution in [-0.2, 0) is 4.79 Å². The molecule has 9 nitrogen and oxygen atoms in total. The molecule has 0 bridgehead atoms. The molecule has 1 aliphatic rings. The standard InChI is InChI=1S/C14H19N7O2S/c1-15-13(23)11-4-6-21(19-11)10-3-2-5-20(7-10)8-12(22)17-14-18-16-9-24-14/h4,6,9-10H,2-3,5,7-8H2,1H3,(H,15,23)(H,17,18,22). The molecule has 2 amide bonds. The minimum Gasteiger partial charge on any atom is -0.354 e. The zero-order valence-corrected chi connectivity index (χ0v) is 14.1. The van der Waals surface area contributed by atoms with Gasteiger partial charge in [0, 0.05) is 19.8 Å². The molecule has 24 heavy (non-hydrogen) atoms. The summed E-state index contributed by atoms with van der Waals surface area (Å²) in [6.07, 6.45) is 3.77. The molecule has 0 spiro atoms. The summed E-state index contributed by atoms with van der Waals surface area (Å²) in [4.78, 5) is 25.8. The van der Waals surface area contributed by atoms with Crippen molar-refractivity contribution in [2.75, 3.05) is 32.0 Å². The molecule has 3 heterocycles. The third kappa shape index (κ3) is 3.95. The van der Waals surface area contributed by atoms with Crippen LogP contribution in [0, 0.1) is 0 Å². The highest BCUT2D eigenvalue weighted by Gasteiger charge is 2.24. The summed E-state index contributed by atoms with van der Waals surface area (Å²) in [6.45, 7) is 1.89. The molecule has 0 aromatic carbocycles. The Morgan fingerprint density at radius 1 is 1.46 bits per heavy atom. The van der Waals surface area contributed by atoms with Gasteiger partial charge in [0.1, 0.15) is 11.2 Å². The van der Waals surface area contributed by atoms with Crippen LogP contribution in [0.5, 0.6) is 0 Å². The van der Waals surface area contributed by atoms with Gasteiger partial charge in [0.15, 0.2) is 0 Å². The third-order valence-electron chi connectivity index (χ3n) is 3.90. The molecular formula is C14H19N7O2S. The van der Waals surface area contributed by atoms with Crippen molar-refractivity contribution in [2.24, 2.45) is 0 Å². The lowest BCUT2D eigenvalue weighted by atomic mass is 10.1. The molecule has 0 aliphatic carbocycles. The summed E-state index contributed by atoms with van der Waals surface area (Å²) in [6, 6.07) is 1.87. The van der Waals surface area contributed by atoms with Crippen LogP contribution >= 0.6 is 11.3 Å². The van der Waals surface area contributed by atoms with Crippen molar-refractivity contribution in [3.8, 4) is 0 Å². The number of hydrogen-bond donors (Lipinski definition) is 2. The average molecular weight is 349 g/mol. The maximum Gasteiger partial charge on any atom is 0.271 e.